The van der Waals surface area contributed by atoms with Crippen LogP contribution in [-0.2, 0) is 11.3 Å². The molecule has 1 aromatic heterocycles. The highest BCUT2D eigenvalue weighted by atomic mass is 16.5. The van der Waals surface area contributed by atoms with Crippen molar-refractivity contribution in [3.8, 4) is 5.69 Å². The van der Waals surface area contributed by atoms with E-state index in [1.165, 1.54) is 5.56 Å². The maximum absolute atomic E-state index is 5.67. The fourth-order valence-electron chi connectivity index (χ4n) is 2.60. The van der Waals surface area contributed by atoms with Gasteiger partial charge in [0.2, 0.25) is 0 Å². The summed E-state index contributed by atoms with van der Waals surface area (Å²) in [4.78, 5) is 2.48. The molecule has 2 atom stereocenters. The molecule has 1 fully saturated rings. The number of ether oxygens (including phenoxy) is 1. The summed E-state index contributed by atoms with van der Waals surface area (Å²) in [6.07, 6.45) is 4.08. The van der Waals surface area contributed by atoms with Crippen LogP contribution in [0.4, 0.5) is 0 Å². The molecule has 4 nitrogen and oxygen atoms in total. The van der Waals surface area contributed by atoms with Crippen LogP contribution in [0.3, 0.4) is 0 Å². The lowest BCUT2D eigenvalue weighted by Crippen LogP contribution is -2.46. The van der Waals surface area contributed by atoms with Crippen LogP contribution in [-0.4, -0.2) is 40.0 Å². The minimum atomic E-state index is 0.328. The Hall–Kier alpha value is -1.65. The van der Waals surface area contributed by atoms with Crippen LogP contribution in [0.1, 0.15) is 19.4 Å². The molecule has 0 amide bonds. The molecule has 0 spiro atoms. The van der Waals surface area contributed by atoms with E-state index >= 15 is 0 Å². The highest BCUT2D eigenvalue weighted by Crippen LogP contribution is 2.16. The van der Waals surface area contributed by atoms with Gasteiger partial charge in [-0.1, -0.05) is 12.1 Å². The average molecular weight is 271 g/mol. The number of hydrogen-bond acceptors (Lipinski definition) is 3. The third-order valence-electron chi connectivity index (χ3n) is 3.83. The molecule has 2 aromatic rings. The fourth-order valence-corrected chi connectivity index (χ4v) is 2.60. The van der Waals surface area contributed by atoms with Gasteiger partial charge in [0.25, 0.3) is 0 Å². The van der Waals surface area contributed by atoms with Crippen LogP contribution in [0.25, 0.3) is 5.69 Å². The fraction of sp³-hybridized carbons (Fsp3) is 0.438. The number of morpholine rings is 1. The zero-order chi connectivity index (χ0) is 13.9. The molecule has 4 heteroatoms. The summed E-state index contributed by atoms with van der Waals surface area (Å²) >= 11 is 0. The number of benzene rings is 1. The Labute approximate surface area is 120 Å². The van der Waals surface area contributed by atoms with E-state index in [-0.39, 0.29) is 0 Å². The summed E-state index contributed by atoms with van der Waals surface area (Å²) in [7, 11) is 0. The Morgan fingerprint density at radius 2 is 2.05 bits per heavy atom. The van der Waals surface area contributed by atoms with Gasteiger partial charge in [0.05, 0.1) is 18.4 Å². The molecule has 0 saturated carbocycles. The van der Waals surface area contributed by atoms with Crippen molar-refractivity contribution in [1.29, 1.82) is 0 Å². The van der Waals surface area contributed by atoms with Crippen LogP contribution in [0.5, 0.6) is 0 Å². The first-order chi connectivity index (χ1) is 9.72. The van der Waals surface area contributed by atoms with E-state index in [4.69, 9.17) is 4.74 Å². The zero-order valence-electron chi connectivity index (χ0n) is 12.1. The van der Waals surface area contributed by atoms with Crippen molar-refractivity contribution in [3.63, 3.8) is 0 Å². The topological polar surface area (TPSA) is 30.3 Å². The number of aromatic nitrogens is 2. The van der Waals surface area contributed by atoms with Gasteiger partial charge >= 0.3 is 0 Å². The number of rotatable bonds is 3. The molecule has 1 aromatic carbocycles. The summed E-state index contributed by atoms with van der Waals surface area (Å²) in [5.41, 5.74) is 2.43. The standard InChI is InChI=1S/C16H21N3O/c1-13-12-20-14(2)10-18(13)11-15-4-6-16(7-5-15)19-9-3-8-17-19/h3-9,13-14H,10-12H2,1-2H3. The maximum atomic E-state index is 5.67. The van der Waals surface area contributed by atoms with Gasteiger partial charge in [-0.3, -0.25) is 4.90 Å². The molecule has 20 heavy (non-hydrogen) atoms. The monoisotopic (exact) mass is 271 g/mol. The molecule has 2 unspecified atom stereocenters. The van der Waals surface area contributed by atoms with Crippen molar-refractivity contribution < 1.29 is 4.74 Å². The van der Waals surface area contributed by atoms with E-state index in [1.54, 1.807) is 6.20 Å². The second-order valence-corrected chi connectivity index (χ2v) is 5.54. The molecule has 0 bridgehead atoms. The van der Waals surface area contributed by atoms with E-state index in [2.05, 4.69) is 48.1 Å². The Bertz CT molecular complexity index is 535. The van der Waals surface area contributed by atoms with Crippen LogP contribution in [0.2, 0.25) is 0 Å². The summed E-state index contributed by atoms with van der Waals surface area (Å²) in [6.45, 7) is 7.17. The lowest BCUT2D eigenvalue weighted by molar-refractivity contribution is -0.0526. The van der Waals surface area contributed by atoms with Gasteiger partial charge in [0.15, 0.2) is 0 Å². The lowest BCUT2D eigenvalue weighted by Gasteiger charge is -2.36. The first kappa shape index (κ1) is 13.3. The Kier molecular flexibility index (Phi) is 3.85. The van der Waals surface area contributed by atoms with Gasteiger partial charge in [0.1, 0.15) is 0 Å². The van der Waals surface area contributed by atoms with Crippen LogP contribution >= 0.6 is 0 Å². The SMILES string of the molecule is CC1CN(Cc2ccc(-n3cccn3)cc2)C(C)CO1. The molecule has 1 aliphatic rings. The van der Waals surface area contributed by atoms with Gasteiger partial charge in [-0.05, 0) is 37.6 Å². The first-order valence-electron chi connectivity index (χ1n) is 7.17. The van der Waals surface area contributed by atoms with Crippen LogP contribution < -0.4 is 0 Å². The van der Waals surface area contributed by atoms with Gasteiger partial charge < -0.3 is 4.74 Å². The first-order valence-corrected chi connectivity index (χ1v) is 7.17. The predicted molar refractivity (Wildman–Crippen MR) is 78.9 cm³/mol. The molecular weight excluding hydrogens is 250 g/mol. The Balaban J connectivity index is 1.69. The number of nitrogens with zero attached hydrogens (tertiary/aromatic N) is 3. The smallest absolute Gasteiger partial charge is 0.0674 e. The van der Waals surface area contributed by atoms with Crippen molar-refractivity contribution in [3.05, 3.63) is 48.3 Å². The summed E-state index contributed by atoms with van der Waals surface area (Å²) in [6, 6.07) is 11.0. The van der Waals surface area contributed by atoms with E-state index in [0.717, 1.165) is 25.4 Å². The van der Waals surface area contributed by atoms with E-state index in [9.17, 15) is 0 Å². The minimum Gasteiger partial charge on any atom is -0.376 e. The Morgan fingerprint density at radius 1 is 1.25 bits per heavy atom. The molecule has 2 heterocycles. The zero-order valence-corrected chi connectivity index (χ0v) is 12.1. The van der Waals surface area contributed by atoms with Gasteiger partial charge in [-0.15, -0.1) is 0 Å². The predicted octanol–water partition coefficient (Wildman–Crippen LogP) is 2.48. The third-order valence-corrected chi connectivity index (χ3v) is 3.83. The third kappa shape index (κ3) is 2.92. The van der Waals surface area contributed by atoms with E-state index in [1.807, 2.05) is 16.9 Å². The highest BCUT2D eigenvalue weighted by molar-refractivity contribution is 5.33. The number of hydrogen-bond donors (Lipinski definition) is 0. The van der Waals surface area contributed by atoms with Crippen LogP contribution in [0.15, 0.2) is 42.7 Å². The van der Waals surface area contributed by atoms with Crippen molar-refractivity contribution in [2.75, 3.05) is 13.2 Å². The second kappa shape index (κ2) is 5.77. The lowest BCUT2D eigenvalue weighted by atomic mass is 10.1. The molecule has 106 valence electrons. The molecule has 0 N–H and O–H groups in total. The average Bonchev–Trinajstić information content (AvgIpc) is 2.98. The molecule has 0 aliphatic carbocycles. The van der Waals surface area contributed by atoms with Crippen molar-refractivity contribution in [2.45, 2.75) is 32.5 Å². The molecule has 0 radical (unpaired) electrons. The molecule has 1 aliphatic heterocycles. The van der Waals surface area contributed by atoms with Crippen molar-refractivity contribution in [2.24, 2.45) is 0 Å². The Morgan fingerprint density at radius 3 is 2.75 bits per heavy atom. The van der Waals surface area contributed by atoms with Crippen molar-refractivity contribution >= 4 is 0 Å². The quantitative estimate of drug-likeness (QED) is 0.859. The van der Waals surface area contributed by atoms with Crippen molar-refractivity contribution in [1.82, 2.24) is 14.7 Å². The van der Waals surface area contributed by atoms with E-state index in [0.29, 0.717) is 12.1 Å². The van der Waals surface area contributed by atoms with E-state index < -0.39 is 0 Å². The molecule has 3 rings (SSSR count). The molecular formula is C16H21N3O. The largest absolute Gasteiger partial charge is 0.376 e. The van der Waals surface area contributed by atoms with Gasteiger partial charge in [0, 0.05) is 31.5 Å². The highest BCUT2D eigenvalue weighted by Gasteiger charge is 2.23. The second-order valence-electron chi connectivity index (χ2n) is 5.54. The van der Waals surface area contributed by atoms with Gasteiger partial charge in [-0.2, -0.15) is 5.10 Å². The van der Waals surface area contributed by atoms with Crippen LogP contribution in [0, 0.1) is 0 Å². The van der Waals surface area contributed by atoms with Gasteiger partial charge in [-0.25, -0.2) is 4.68 Å². The normalized spacial score (nSPS) is 23.9. The minimum absolute atomic E-state index is 0.328. The maximum Gasteiger partial charge on any atom is 0.0674 e. The summed E-state index contributed by atoms with van der Waals surface area (Å²) < 4.78 is 7.55. The summed E-state index contributed by atoms with van der Waals surface area (Å²) in [5, 5.41) is 4.24. The summed E-state index contributed by atoms with van der Waals surface area (Å²) in [5.74, 6) is 0. The molecule has 1 saturated heterocycles.